The summed E-state index contributed by atoms with van der Waals surface area (Å²) in [5.74, 6) is -0.198. The van der Waals surface area contributed by atoms with Crippen molar-refractivity contribution in [1.82, 2.24) is 0 Å². The van der Waals surface area contributed by atoms with Crippen LogP contribution in [0.25, 0.3) is 0 Å². The van der Waals surface area contributed by atoms with Crippen LogP contribution >= 0.6 is 0 Å². The van der Waals surface area contributed by atoms with Gasteiger partial charge in [-0.05, 0) is 12.5 Å². The summed E-state index contributed by atoms with van der Waals surface area (Å²) in [5, 5.41) is 18.8. The highest BCUT2D eigenvalue weighted by Crippen LogP contribution is 2.37. The minimum atomic E-state index is -0.781. The molecule has 0 aromatic carbocycles. The molecule has 0 bridgehead atoms. The van der Waals surface area contributed by atoms with Crippen LogP contribution in [0.2, 0.25) is 0 Å². The van der Waals surface area contributed by atoms with Crippen molar-refractivity contribution < 1.29 is 19.7 Å². The summed E-state index contributed by atoms with van der Waals surface area (Å²) in [4.78, 5) is 11.5. The van der Waals surface area contributed by atoms with Crippen molar-refractivity contribution in [1.29, 1.82) is 0 Å². The quantitative estimate of drug-likeness (QED) is 0.587. The molecule has 1 aliphatic carbocycles. The molecule has 0 radical (unpaired) electrons. The molecule has 1 saturated heterocycles. The van der Waals surface area contributed by atoms with Gasteiger partial charge in [0.1, 0.15) is 18.3 Å². The highest BCUT2D eigenvalue weighted by molar-refractivity contribution is 6.03. The molecule has 0 spiro atoms. The van der Waals surface area contributed by atoms with Gasteiger partial charge in [0, 0.05) is 5.57 Å². The number of allylic oxidation sites excluding steroid dienone is 1. The highest BCUT2D eigenvalue weighted by atomic mass is 16.6. The predicted molar refractivity (Wildman–Crippen MR) is 48.6 cm³/mol. The van der Waals surface area contributed by atoms with Crippen molar-refractivity contribution in [2.45, 2.75) is 25.2 Å². The van der Waals surface area contributed by atoms with Gasteiger partial charge in [-0.25, -0.2) is 0 Å². The zero-order valence-corrected chi connectivity index (χ0v) is 7.80. The van der Waals surface area contributed by atoms with E-state index >= 15 is 0 Å². The Hall–Kier alpha value is -0.970. The van der Waals surface area contributed by atoms with Gasteiger partial charge in [-0.2, -0.15) is 0 Å². The summed E-state index contributed by atoms with van der Waals surface area (Å²) in [6.45, 7) is 1.45. The number of epoxide rings is 1. The lowest BCUT2D eigenvalue weighted by Crippen LogP contribution is -2.32. The van der Waals surface area contributed by atoms with Gasteiger partial charge >= 0.3 is 0 Å². The zero-order chi connectivity index (χ0) is 10.3. The minimum Gasteiger partial charge on any atom is -0.392 e. The third-order valence-electron chi connectivity index (χ3n) is 2.56. The van der Waals surface area contributed by atoms with Crippen LogP contribution in [0.4, 0.5) is 0 Å². The molecule has 4 heteroatoms. The fraction of sp³-hybridized carbons (Fsp3) is 0.500. The summed E-state index contributed by atoms with van der Waals surface area (Å²) in [6.07, 6.45) is 1.66. The number of aliphatic hydroxyl groups excluding tert-OH is 2. The lowest BCUT2D eigenvalue weighted by Gasteiger charge is -2.17. The van der Waals surface area contributed by atoms with Crippen LogP contribution in [0, 0.1) is 0 Å². The molecule has 4 nitrogen and oxygen atoms in total. The molecular formula is C10H12O4. The molecule has 14 heavy (non-hydrogen) atoms. The van der Waals surface area contributed by atoms with Crippen molar-refractivity contribution in [3.05, 3.63) is 23.3 Å². The number of carbonyl (C=O) groups excluding carboxylic acids is 1. The molecule has 1 fully saturated rings. The lowest BCUT2D eigenvalue weighted by atomic mass is 9.88. The molecule has 1 heterocycles. The van der Waals surface area contributed by atoms with Crippen molar-refractivity contribution >= 4 is 5.78 Å². The topological polar surface area (TPSA) is 70.1 Å². The molecule has 3 atom stereocenters. The smallest absolute Gasteiger partial charge is 0.193 e. The molecule has 76 valence electrons. The van der Waals surface area contributed by atoms with Crippen molar-refractivity contribution in [2.75, 3.05) is 6.61 Å². The Morgan fingerprint density at radius 2 is 2.29 bits per heavy atom. The van der Waals surface area contributed by atoms with E-state index in [1.54, 1.807) is 19.1 Å². The number of hydrogen-bond donors (Lipinski definition) is 2. The van der Waals surface area contributed by atoms with Gasteiger partial charge in [0.05, 0.1) is 6.61 Å². The maximum absolute atomic E-state index is 11.5. The second-order valence-electron chi connectivity index (χ2n) is 3.42. The molecule has 2 rings (SSSR count). The normalized spacial score (nSPS) is 36.5. The molecule has 1 aliphatic heterocycles. The number of rotatable bonds is 2. The largest absolute Gasteiger partial charge is 0.392 e. The predicted octanol–water partition coefficient (Wildman–Crippen LogP) is -0.438. The van der Waals surface area contributed by atoms with E-state index < -0.39 is 18.3 Å². The van der Waals surface area contributed by atoms with Gasteiger partial charge in [-0.1, -0.05) is 12.2 Å². The maximum atomic E-state index is 11.5. The zero-order valence-electron chi connectivity index (χ0n) is 7.80. The molecule has 0 aromatic heterocycles. The third kappa shape index (κ3) is 1.23. The van der Waals surface area contributed by atoms with Crippen LogP contribution in [-0.4, -0.2) is 40.9 Å². The summed E-state index contributed by atoms with van der Waals surface area (Å²) in [7, 11) is 0. The van der Waals surface area contributed by atoms with E-state index in [0.717, 1.165) is 0 Å². The second-order valence-corrected chi connectivity index (χ2v) is 3.42. The molecule has 0 aromatic rings. The van der Waals surface area contributed by atoms with Gasteiger partial charge in [-0.3, -0.25) is 4.79 Å². The molecule has 2 aliphatic rings. The third-order valence-corrected chi connectivity index (χ3v) is 2.56. The first-order valence-electron chi connectivity index (χ1n) is 4.55. The molecule has 0 saturated carbocycles. The van der Waals surface area contributed by atoms with E-state index in [1.165, 1.54) is 0 Å². The summed E-state index contributed by atoms with van der Waals surface area (Å²) >= 11 is 0. The van der Waals surface area contributed by atoms with Crippen molar-refractivity contribution in [3.63, 3.8) is 0 Å². The van der Waals surface area contributed by atoms with E-state index in [-0.39, 0.29) is 18.0 Å². The van der Waals surface area contributed by atoms with E-state index in [1.807, 2.05) is 0 Å². The molecule has 0 amide bonds. The molecule has 2 N–H and O–H groups in total. The van der Waals surface area contributed by atoms with Gasteiger partial charge in [0.25, 0.3) is 0 Å². The Balaban J connectivity index is 2.41. The van der Waals surface area contributed by atoms with Crippen LogP contribution in [0.1, 0.15) is 6.92 Å². The number of Topliss-reactive ketones (excluding diaryl/α,β-unsaturated/α-hetero) is 1. The Bertz CT molecular complexity index is 329. The Morgan fingerprint density at radius 1 is 1.57 bits per heavy atom. The number of carbonyl (C=O) groups is 1. The number of fused-ring (bicyclic) bond motifs is 1. The van der Waals surface area contributed by atoms with Crippen molar-refractivity contribution in [3.8, 4) is 0 Å². The Kier molecular flexibility index (Phi) is 2.26. The van der Waals surface area contributed by atoms with Crippen LogP contribution in [0.3, 0.4) is 0 Å². The van der Waals surface area contributed by atoms with Gasteiger partial charge in [0.2, 0.25) is 0 Å². The number of aliphatic hydroxyl groups is 2. The van der Waals surface area contributed by atoms with Gasteiger partial charge in [0.15, 0.2) is 5.78 Å². The summed E-state index contributed by atoms with van der Waals surface area (Å²) in [6, 6.07) is 0. The Morgan fingerprint density at radius 3 is 2.86 bits per heavy atom. The average Bonchev–Trinajstić information content (AvgIpc) is 2.94. The number of ketones is 1. The first kappa shape index (κ1) is 9.58. The summed E-state index contributed by atoms with van der Waals surface area (Å²) in [5.41, 5.74) is 0.758. The Labute approximate surface area is 81.5 Å². The summed E-state index contributed by atoms with van der Waals surface area (Å²) < 4.78 is 5.02. The van der Waals surface area contributed by atoms with E-state index in [2.05, 4.69) is 0 Å². The lowest BCUT2D eigenvalue weighted by molar-refractivity contribution is -0.117. The monoisotopic (exact) mass is 196 g/mol. The average molecular weight is 196 g/mol. The van der Waals surface area contributed by atoms with Crippen LogP contribution < -0.4 is 0 Å². The van der Waals surface area contributed by atoms with E-state index in [0.29, 0.717) is 5.57 Å². The van der Waals surface area contributed by atoms with Crippen LogP contribution in [-0.2, 0) is 9.53 Å². The molecule has 0 unspecified atom stereocenters. The van der Waals surface area contributed by atoms with Gasteiger partial charge in [-0.15, -0.1) is 0 Å². The number of hydrogen-bond acceptors (Lipinski definition) is 4. The minimum absolute atomic E-state index is 0.198. The molecular weight excluding hydrogens is 184 g/mol. The van der Waals surface area contributed by atoms with Crippen molar-refractivity contribution in [2.24, 2.45) is 0 Å². The van der Waals surface area contributed by atoms with E-state index in [9.17, 15) is 9.90 Å². The van der Waals surface area contributed by atoms with E-state index in [4.69, 9.17) is 9.84 Å². The second kappa shape index (κ2) is 3.31. The maximum Gasteiger partial charge on any atom is 0.193 e. The number of ether oxygens (including phenoxy) is 1. The first-order valence-corrected chi connectivity index (χ1v) is 4.55. The first-order chi connectivity index (χ1) is 6.70. The fourth-order valence-corrected chi connectivity index (χ4v) is 1.79. The fourth-order valence-electron chi connectivity index (χ4n) is 1.79. The van der Waals surface area contributed by atoms with Crippen LogP contribution in [0.15, 0.2) is 23.3 Å². The highest BCUT2D eigenvalue weighted by Gasteiger charge is 2.55. The SMILES string of the molecule is C/C=C/C1=C(CO)C(=O)[C@H]2O[C@H]2[C@@H]1O. The van der Waals surface area contributed by atoms with Gasteiger partial charge < -0.3 is 14.9 Å². The van der Waals surface area contributed by atoms with Crippen LogP contribution in [0.5, 0.6) is 0 Å². The standard InChI is InChI=1S/C10H12O4/c1-2-3-5-6(4-11)8(13)10-9(14-10)7(5)12/h2-3,7,9-12H,4H2,1H3/b3-2+/t7-,9+,10-/m1/s1.